The van der Waals surface area contributed by atoms with Crippen LogP contribution >= 0.6 is 0 Å². The fourth-order valence-electron chi connectivity index (χ4n) is 5.25. The number of nitriles is 1. The minimum atomic E-state index is -4.53. The maximum atomic E-state index is 13.3. The van der Waals surface area contributed by atoms with Crippen LogP contribution in [0.4, 0.5) is 37.7 Å². The summed E-state index contributed by atoms with van der Waals surface area (Å²) in [5.41, 5.74) is -0.682. The standard InChI is InChI=1S/2C21H24F3NO.C2H3N.Cu/c2*1-19(2,3)13-11-15(20(4,5)6)18(26)17(12-13)25-16-10-8-7-9-14(16)21(22,23)24;1-2-3;/h2*7-12H,1-6H3;1H3;. The van der Waals surface area contributed by atoms with Gasteiger partial charge in [0.05, 0.1) is 28.6 Å². The fourth-order valence-corrected chi connectivity index (χ4v) is 5.25. The van der Waals surface area contributed by atoms with Crippen LogP contribution in [0.15, 0.2) is 105 Å². The smallest absolute Gasteiger partial charge is 0.287 e. The molecule has 2 aromatic rings. The molecular formula is C44H51CuF6N3O2. The van der Waals surface area contributed by atoms with Crippen molar-refractivity contribution in [2.75, 3.05) is 0 Å². The molecule has 0 atom stereocenters. The van der Waals surface area contributed by atoms with Gasteiger partial charge < -0.3 is 0 Å². The van der Waals surface area contributed by atoms with Crippen LogP contribution in [0.2, 0.25) is 0 Å². The van der Waals surface area contributed by atoms with Crippen LogP contribution in [0.3, 0.4) is 0 Å². The van der Waals surface area contributed by atoms with Crippen molar-refractivity contribution in [3.63, 3.8) is 0 Å². The maximum absolute atomic E-state index is 13.3. The number of benzene rings is 2. The molecule has 0 amide bonds. The van der Waals surface area contributed by atoms with E-state index >= 15 is 0 Å². The molecule has 4 rings (SSSR count). The van der Waals surface area contributed by atoms with E-state index in [1.165, 1.54) is 43.3 Å². The van der Waals surface area contributed by atoms with Crippen molar-refractivity contribution in [3.8, 4) is 6.07 Å². The van der Waals surface area contributed by atoms with E-state index in [4.69, 9.17) is 5.26 Å². The van der Waals surface area contributed by atoms with Crippen molar-refractivity contribution in [2.45, 2.75) is 102 Å². The molecule has 0 unspecified atom stereocenters. The second-order valence-corrected chi connectivity index (χ2v) is 17.2. The van der Waals surface area contributed by atoms with Crippen molar-refractivity contribution >= 4 is 34.4 Å². The Morgan fingerprint density at radius 2 is 0.768 bits per heavy atom. The van der Waals surface area contributed by atoms with Gasteiger partial charge in [0.15, 0.2) is 0 Å². The molecule has 0 saturated carbocycles. The summed E-state index contributed by atoms with van der Waals surface area (Å²) in [4.78, 5) is 34.0. The van der Waals surface area contributed by atoms with Crippen LogP contribution in [0.5, 0.6) is 0 Å². The molecular weight excluding hydrogens is 780 g/mol. The summed E-state index contributed by atoms with van der Waals surface area (Å²) in [5.74, 6) is -0.662. The summed E-state index contributed by atoms with van der Waals surface area (Å²) >= 11 is 0. The van der Waals surface area contributed by atoms with Gasteiger partial charge in [-0.1, -0.05) is 120 Å². The van der Waals surface area contributed by atoms with Gasteiger partial charge in [-0.2, -0.15) is 31.6 Å². The van der Waals surface area contributed by atoms with E-state index in [0.29, 0.717) is 11.1 Å². The summed E-state index contributed by atoms with van der Waals surface area (Å²) < 4.78 is 79.5. The first kappa shape index (κ1) is 49.7. The maximum Gasteiger partial charge on any atom is 0.418 e. The monoisotopic (exact) mass is 830 g/mol. The number of hydrogen-bond acceptors (Lipinski definition) is 5. The molecule has 0 bridgehead atoms. The minimum Gasteiger partial charge on any atom is -0.287 e. The second-order valence-electron chi connectivity index (χ2n) is 17.2. The van der Waals surface area contributed by atoms with Crippen LogP contribution < -0.4 is 0 Å². The largest absolute Gasteiger partial charge is 0.418 e. The summed E-state index contributed by atoms with van der Waals surface area (Å²) in [7, 11) is 0. The SMILES string of the molecule is CC#N.CC(C)(C)C1=CC(=Nc2ccccc2C(F)(F)F)C(=O)C(C(C)(C)C)=C1.CC(C)(C)C1=CC(=Nc2ccccc2C(F)(F)F)C(=O)C(C(C)(C)C)=C1.[Cu]. The molecule has 0 saturated heterocycles. The topological polar surface area (TPSA) is 82.7 Å². The van der Waals surface area contributed by atoms with Gasteiger partial charge in [-0.05, 0) is 69.2 Å². The Bertz CT molecular complexity index is 1870. The molecule has 0 aromatic heterocycles. The van der Waals surface area contributed by atoms with E-state index in [1.54, 1.807) is 18.2 Å². The molecule has 56 heavy (non-hydrogen) atoms. The second kappa shape index (κ2) is 18.3. The van der Waals surface area contributed by atoms with E-state index in [1.807, 2.05) is 95.2 Å². The first-order chi connectivity index (χ1) is 24.8. The summed E-state index contributed by atoms with van der Waals surface area (Å²) in [6, 6.07) is 11.8. The zero-order valence-electron chi connectivity index (χ0n) is 34.2. The third-order valence-corrected chi connectivity index (χ3v) is 8.39. The predicted molar refractivity (Wildman–Crippen MR) is 209 cm³/mol. The molecule has 2 aliphatic carbocycles. The number of rotatable bonds is 2. The number of Topliss-reactive ketones (excluding diaryl/α,β-unsaturated/α-hetero) is 2. The fraction of sp³-hybridized carbons (Fsp3) is 0.432. The van der Waals surface area contributed by atoms with Crippen molar-refractivity contribution in [3.05, 3.63) is 106 Å². The summed E-state index contributed by atoms with van der Waals surface area (Å²) in [6.45, 7) is 24.8. The first-order valence-electron chi connectivity index (χ1n) is 17.6. The molecule has 0 heterocycles. The molecule has 2 aliphatic rings. The molecule has 0 fully saturated rings. The number of carbonyl (C=O) groups excluding carboxylic acids is 2. The number of allylic oxidation sites excluding steroid dienone is 8. The number of aliphatic imine (C=N–C) groups is 2. The van der Waals surface area contributed by atoms with E-state index in [-0.39, 0.29) is 62.3 Å². The number of alkyl halides is 6. The predicted octanol–water partition coefficient (Wildman–Crippen LogP) is 13.1. The Hall–Kier alpha value is -4.33. The number of para-hydroxylation sites is 2. The number of ketones is 2. The third-order valence-electron chi connectivity index (χ3n) is 8.39. The molecule has 0 spiro atoms. The number of halogens is 6. The van der Waals surface area contributed by atoms with Crippen LogP contribution in [-0.4, -0.2) is 23.0 Å². The zero-order valence-corrected chi connectivity index (χ0v) is 35.1. The Morgan fingerprint density at radius 1 is 0.500 bits per heavy atom. The van der Waals surface area contributed by atoms with Gasteiger partial charge in [-0.15, -0.1) is 0 Å². The number of carbonyl (C=O) groups is 2. The number of hydrogen-bond donors (Lipinski definition) is 0. The van der Waals surface area contributed by atoms with E-state index in [9.17, 15) is 35.9 Å². The van der Waals surface area contributed by atoms with Crippen molar-refractivity contribution in [2.24, 2.45) is 31.6 Å². The van der Waals surface area contributed by atoms with Crippen molar-refractivity contribution in [1.29, 1.82) is 5.26 Å². The molecule has 1 radical (unpaired) electrons. The zero-order chi connectivity index (χ0) is 42.5. The van der Waals surface area contributed by atoms with Gasteiger partial charge in [0.1, 0.15) is 11.4 Å². The van der Waals surface area contributed by atoms with E-state index in [2.05, 4.69) is 9.98 Å². The van der Waals surface area contributed by atoms with Crippen LogP contribution in [0.25, 0.3) is 0 Å². The Balaban J connectivity index is 0.000000515. The minimum absolute atomic E-state index is 0. The summed E-state index contributed by atoms with van der Waals surface area (Å²) in [6.07, 6.45) is -2.17. The summed E-state index contributed by atoms with van der Waals surface area (Å²) in [5, 5.41) is 7.32. The third kappa shape index (κ3) is 13.4. The molecule has 12 heteroatoms. The van der Waals surface area contributed by atoms with Crippen molar-refractivity contribution in [1.82, 2.24) is 0 Å². The van der Waals surface area contributed by atoms with Gasteiger partial charge >= 0.3 is 12.4 Å². The number of nitrogens with zero attached hydrogens (tertiary/aromatic N) is 3. The molecule has 2 aromatic carbocycles. The van der Waals surface area contributed by atoms with Crippen LogP contribution in [-0.2, 0) is 39.0 Å². The molecule has 0 N–H and O–H groups in total. The van der Waals surface area contributed by atoms with Gasteiger partial charge in [0.2, 0.25) is 11.6 Å². The van der Waals surface area contributed by atoms with E-state index in [0.717, 1.165) is 23.3 Å². The van der Waals surface area contributed by atoms with Gasteiger partial charge in [-0.25, -0.2) is 9.98 Å². The van der Waals surface area contributed by atoms with Gasteiger partial charge in [0, 0.05) is 35.1 Å². The van der Waals surface area contributed by atoms with Gasteiger partial charge in [-0.3, -0.25) is 9.59 Å². The average Bonchev–Trinajstić information content (AvgIpc) is 3.01. The molecule has 0 aliphatic heterocycles. The molecule has 307 valence electrons. The van der Waals surface area contributed by atoms with Crippen LogP contribution in [0, 0.1) is 33.0 Å². The van der Waals surface area contributed by atoms with E-state index < -0.39 is 34.3 Å². The Kier molecular flexibility index (Phi) is 16.2. The van der Waals surface area contributed by atoms with Crippen molar-refractivity contribution < 1.29 is 53.0 Å². The molecule has 5 nitrogen and oxygen atoms in total. The van der Waals surface area contributed by atoms with Gasteiger partial charge in [0.25, 0.3) is 0 Å². The Morgan fingerprint density at radius 3 is 1.00 bits per heavy atom. The first-order valence-corrected chi connectivity index (χ1v) is 17.6. The Labute approximate surface area is 338 Å². The quantitative estimate of drug-likeness (QED) is 0.172. The van der Waals surface area contributed by atoms with Crippen LogP contribution in [0.1, 0.15) is 101 Å². The average molecular weight is 831 g/mol. The normalized spacial score (nSPS) is 16.9.